The van der Waals surface area contributed by atoms with Gasteiger partial charge in [-0.25, -0.2) is 8.42 Å². The molecule has 1 aromatic rings. The number of phenols is 1. The molecule has 2 rings (SSSR count). The molecule has 5 nitrogen and oxygen atoms in total. The minimum absolute atomic E-state index is 0.0846. The molecule has 3 N–H and O–H groups in total. The van der Waals surface area contributed by atoms with Gasteiger partial charge in [-0.15, -0.1) is 0 Å². The summed E-state index contributed by atoms with van der Waals surface area (Å²) in [5.74, 6) is 0.172. The Balaban J connectivity index is 2.35. The van der Waals surface area contributed by atoms with Crippen molar-refractivity contribution in [1.29, 1.82) is 0 Å². The van der Waals surface area contributed by atoms with Gasteiger partial charge in [0.2, 0.25) is 10.0 Å². The molecule has 106 valence electrons. The van der Waals surface area contributed by atoms with Gasteiger partial charge in [-0.05, 0) is 37.0 Å². The largest absolute Gasteiger partial charge is 0.506 e. The lowest BCUT2D eigenvalue weighted by Gasteiger charge is -2.24. The molecule has 1 fully saturated rings. The number of nitrogens with zero attached hydrogens (tertiary/aromatic N) is 1. The number of benzene rings is 1. The van der Waals surface area contributed by atoms with Crippen LogP contribution in [0.2, 0.25) is 0 Å². The summed E-state index contributed by atoms with van der Waals surface area (Å²) in [5, 5.41) is 9.38. The van der Waals surface area contributed by atoms with Crippen molar-refractivity contribution in [3.63, 3.8) is 0 Å². The van der Waals surface area contributed by atoms with Crippen molar-refractivity contribution < 1.29 is 13.5 Å². The van der Waals surface area contributed by atoms with Crippen molar-refractivity contribution in [2.45, 2.75) is 37.6 Å². The van der Waals surface area contributed by atoms with Crippen LogP contribution in [0.4, 0.5) is 5.69 Å². The van der Waals surface area contributed by atoms with Gasteiger partial charge >= 0.3 is 0 Å². The zero-order chi connectivity index (χ0) is 14.2. The van der Waals surface area contributed by atoms with E-state index in [1.807, 2.05) is 13.8 Å². The fraction of sp³-hybridized carbons (Fsp3) is 0.538. The normalized spacial score (nSPS) is 16.2. The Morgan fingerprint density at radius 1 is 1.42 bits per heavy atom. The second-order valence-corrected chi connectivity index (χ2v) is 7.31. The number of nitrogen functional groups attached to an aromatic ring is 1. The van der Waals surface area contributed by atoms with E-state index in [9.17, 15) is 13.5 Å². The first-order valence-corrected chi connectivity index (χ1v) is 7.86. The van der Waals surface area contributed by atoms with Crippen molar-refractivity contribution in [3.05, 3.63) is 18.2 Å². The van der Waals surface area contributed by atoms with E-state index in [4.69, 9.17) is 5.73 Å². The third-order valence-corrected chi connectivity index (χ3v) is 5.02. The molecule has 0 bridgehead atoms. The molecule has 0 aromatic heterocycles. The Kier molecular flexibility index (Phi) is 3.73. The first-order chi connectivity index (χ1) is 8.82. The van der Waals surface area contributed by atoms with Crippen LogP contribution < -0.4 is 5.73 Å². The van der Waals surface area contributed by atoms with E-state index in [0.717, 1.165) is 12.8 Å². The third-order valence-electron chi connectivity index (χ3n) is 3.10. The minimum Gasteiger partial charge on any atom is -0.506 e. The quantitative estimate of drug-likeness (QED) is 0.637. The van der Waals surface area contributed by atoms with Crippen LogP contribution in [0.1, 0.15) is 26.7 Å². The van der Waals surface area contributed by atoms with E-state index in [0.29, 0.717) is 6.54 Å². The molecule has 1 saturated carbocycles. The molecular formula is C13H20N2O3S. The summed E-state index contributed by atoms with van der Waals surface area (Å²) in [4.78, 5) is 0.148. The van der Waals surface area contributed by atoms with Crippen LogP contribution in [0.15, 0.2) is 23.1 Å². The van der Waals surface area contributed by atoms with Gasteiger partial charge in [0.15, 0.2) is 0 Å². The van der Waals surface area contributed by atoms with Crippen LogP contribution in [0.25, 0.3) is 0 Å². The average molecular weight is 284 g/mol. The highest BCUT2D eigenvalue weighted by molar-refractivity contribution is 7.89. The van der Waals surface area contributed by atoms with Gasteiger partial charge in [-0.3, -0.25) is 0 Å². The molecule has 0 amide bonds. The van der Waals surface area contributed by atoms with Crippen LogP contribution in [-0.2, 0) is 10.0 Å². The van der Waals surface area contributed by atoms with E-state index in [2.05, 4.69) is 0 Å². The SMILES string of the molecule is CC(C)CN(C1CC1)S(=O)(=O)c1ccc(O)c(N)c1. The Morgan fingerprint density at radius 2 is 2.05 bits per heavy atom. The summed E-state index contributed by atoms with van der Waals surface area (Å²) in [6.07, 6.45) is 1.83. The Morgan fingerprint density at radius 3 is 2.53 bits per heavy atom. The van der Waals surface area contributed by atoms with Crippen molar-refractivity contribution in [2.24, 2.45) is 5.92 Å². The van der Waals surface area contributed by atoms with Crippen LogP contribution in [0.3, 0.4) is 0 Å². The first-order valence-electron chi connectivity index (χ1n) is 6.42. The molecule has 0 heterocycles. The van der Waals surface area contributed by atoms with Gasteiger partial charge in [-0.1, -0.05) is 13.8 Å². The molecule has 19 heavy (non-hydrogen) atoms. The predicted octanol–water partition coefficient (Wildman–Crippen LogP) is 1.78. The third kappa shape index (κ3) is 3.01. The second kappa shape index (κ2) is 5.02. The molecule has 1 aliphatic rings. The highest BCUT2D eigenvalue weighted by atomic mass is 32.2. The molecule has 6 heteroatoms. The molecule has 0 unspecified atom stereocenters. The maximum atomic E-state index is 12.6. The molecule has 0 saturated heterocycles. The van der Waals surface area contributed by atoms with Gasteiger partial charge in [0.05, 0.1) is 10.6 Å². The number of hydrogen-bond acceptors (Lipinski definition) is 4. The molecule has 0 atom stereocenters. The molecule has 1 aliphatic carbocycles. The summed E-state index contributed by atoms with van der Waals surface area (Å²) < 4.78 is 26.8. The van der Waals surface area contributed by atoms with Crippen LogP contribution >= 0.6 is 0 Å². The number of rotatable bonds is 5. The Bertz CT molecular complexity index is 565. The highest BCUT2D eigenvalue weighted by Gasteiger charge is 2.38. The second-order valence-electron chi connectivity index (χ2n) is 5.42. The van der Waals surface area contributed by atoms with Crippen molar-refractivity contribution in [2.75, 3.05) is 12.3 Å². The van der Waals surface area contributed by atoms with E-state index < -0.39 is 10.0 Å². The topological polar surface area (TPSA) is 83.6 Å². The summed E-state index contributed by atoms with van der Waals surface area (Å²) in [5.41, 5.74) is 5.66. The fourth-order valence-electron chi connectivity index (χ4n) is 1.99. The summed E-state index contributed by atoms with van der Waals surface area (Å²) in [6, 6.07) is 4.15. The maximum Gasteiger partial charge on any atom is 0.243 e. The number of hydrogen-bond donors (Lipinski definition) is 2. The van der Waals surface area contributed by atoms with Crippen molar-refractivity contribution in [1.82, 2.24) is 4.31 Å². The van der Waals surface area contributed by atoms with E-state index in [-0.39, 0.29) is 28.3 Å². The number of aromatic hydroxyl groups is 1. The van der Waals surface area contributed by atoms with Gasteiger partial charge in [-0.2, -0.15) is 4.31 Å². The van der Waals surface area contributed by atoms with E-state index in [1.165, 1.54) is 18.2 Å². The monoisotopic (exact) mass is 284 g/mol. The number of sulfonamides is 1. The predicted molar refractivity (Wildman–Crippen MR) is 74.3 cm³/mol. The van der Waals surface area contributed by atoms with Gasteiger partial charge in [0.25, 0.3) is 0 Å². The summed E-state index contributed by atoms with van der Waals surface area (Å²) in [6.45, 7) is 4.50. The molecule has 0 radical (unpaired) electrons. The zero-order valence-electron chi connectivity index (χ0n) is 11.2. The van der Waals surface area contributed by atoms with Crippen molar-refractivity contribution in [3.8, 4) is 5.75 Å². The smallest absolute Gasteiger partial charge is 0.243 e. The lowest BCUT2D eigenvalue weighted by molar-refractivity contribution is 0.360. The average Bonchev–Trinajstić information content (AvgIpc) is 3.13. The standard InChI is InChI=1S/C13H20N2O3S/c1-9(2)8-15(10-3-4-10)19(17,18)11-5-6-13(16)12(14)7-11/h5-7,9-10,16H,3-4,8,14H2,1-2H3. The molecule has 0 aliphatic heterocycles. The number of anilines is 1. The van der Waals surface area contributed by atoms with Gasteiger partial charge in [0.1, 0.15) is 5.75 Å². The minimum atomic E-state index is -3.53. The van der Waals surface area contributed by atoms with Crippen LogP contribution in [0, 0.1) is 5.92 Å². The van der Waals surface area contributed by atoms with Crippen LogP contribution in [0.5, 0.6) is 5.75 Å². The Labute approximate surface area is 114 Å². The zero-order valence-corrected chi connectivity index (χ0v) is 12.0. The van der Waals surface area contributed by atoms with E-state index in [1.54, 1.807) is 4.31 Å². The fourth-order valence-corrected chi connectivity index (χ4v) is 3.88. The summed E-state index contributed by atoms with van der Waals surface area (Å²) in [7, 11) is -3.53. The lowest BCUT2D eigenvalue weighted by Crippen LogP contribution is -2.36. The molecular weight excluding hydrogens is 264 g/mol. The first kappa shape index (κ1) is 14.1. The lowest BCUT2D eigenvalue weighted by atomic mass is 10.2. The number of nitrogens with two attached hydrogens (primary N) is 1. The molecule has 0 spiro atoms. The molecule has 1 aromatic carbocycles. The van der Waals surface area contributed by atoms with E-state index >= 15 is 0 Å². The number of phenolic OH excluding ortho intramolecular Hbond substituents is 1. The summed E-state index contributed by atoms with van der Waals surface area (Å²) >= 11 is 0. The van der Waals surface area contributed by atoms with Gasteiger partial charge in [0, 0.05) is 12.6 Å². The Hall–Kier alpha value is -1.27. The van der Waals surface area contributed by atoms with Crippen LogP contribution in [-0.4, -0.2) is 30.4 Å². The highest BCUT2D eigenvalue weighted by Crippen LogP contribution is 2.34. The maximum absolute atomic E-state index is 12.6. The van der Waals surface area contributed by atoms with Crippen molar-refractivity contribution >= 4 is 15.7 Å². The van der Waals surface area contributed by atoms with Gasteiger partial charge < -0.3 is 10.8 Å².